The lowest BCUT2D eigenvalue weighted by molar-refractivity contribution is -0.143. The van der Waals surface area contributed by atoms with Crippen molar-refractivity contribution in [3.8, 4) is 11.1 Å². The van der Waals surface area contributed by atoms with Crippen LogP contribution in [0.4, 0.5) is 22.4 Å². The van der Waals surface area contributed by atoms with Gasteiger partial charge in [-0.2, -0.15) is 0 Å². The quantitative estimate of drug-likeness (QED) is 0.406. The summed E-state index contributed by atoms with van der Waals surface area (Å²) in [5.74, 6) is -5.63. The predicted molar refractivity (Wildman–Crippen MR) is 110 cm³/mol. The van der Waals surface area contributed by atoms with Crippen molar-refractivity contribution in [2.45, 2.75) is 45.8 Å². The fourth-order valence-electron chi connectivity index (χ4n) is 2.90. The van der Waals surface area contributed by atoms with E-state index in [-0.39, 0.29) is 22.8 Å². The van der Waals surface area contributed by atoms with Gasteiger partial charge in [-0.3, -0.25) is 4.79 Å². The molecule has 0 heterocycles. The van der Waals surface area contributed by atoms with Gasteiger partial charge in [-0.25, -0.2) is 22.4 Å². The highest BCUT2D eigenvalue weighted by Crippen LogP contribution is 2.35. The van der Waals surface area contributed by atoms with Crippen LogP contribution in [0.3, 0.4) is 0 Å². The Morgan fingerprint density at radius 3 is 2.28 bits per heavy atom. The number of benzene rings is 2. The molecule has 5 nitrogen and oxygen atoms in total. The number of nitrogens with one attached hydrogen (secondary N) is 1. The van der Waals surface area contributed by atoms with Gasteiger partial charge in [0, 0.05) is 17.2 Å². The molecule has 0 saturated carbocycles. The second-order valence-corrected chi connectivity index (χ2v) is 8.22. The Hall–Kier alpha value is -2.81. The molecule has 2 aromatic carbocycles. The third-order valence-corrected chi connectivity index (χ3v) is 4.39. The van der Waals surface area contributed by atoms with E-state index >= 15 is 0 Å². The van der Waals surface area contributed by atoms with Crippen LogP contribution in [0, 0.1) is 23.3 Å². The van der Waals surface area contributed by atoms with Crippen molar-refractivity contribution in [2.24, 2.45) is 0 Å². The summed E-state index contributed by atoms with van der Waals surface area (Å²) in [6.45, 7) is 6.34. The number of hydrogen-bond acceptors (Lipinski definition) is 4. The van der Waals surface area contributed by atoms with E-state index in [1.54, 1.807) is 27.7 Å². The molecule has 0 saturated heterocycles. The molecule has 1 atom stereocenters. The summed E-state index contributed by atoms with van der Waals surface area (Å²) in [5, 5.41) is 1.94. The number of esters is 1. The smallest absolute Gasteiger partial charge is 0.408 e. The van der Waals surface area contributed by atoms with Crippen molar-refractivity contribution >= 4 is 23.7 Å². The maximum Gasteiger partial charge on any atom is 0.408 e. The van der Waals surface area contributed by atoms with Crippen LogP contribution in [0.2, 0.25) is 5.02 Å². The van der Waals surface area contributed by atoms with Gasteiger partial charge in [-0.05, 0) is 51.5 Å². The van der Waals surface area contributed by atoms with Gasteiger partial charge in [-0.1, -0.05) is 11.6 Å². The van der Waals surface area contributed by atoms with Gasteiger partial charge in [0.2, 0.25) is 0 Å². The molecule has 0 aliphatic carbocycles. The molecule has 2 aromatic rings. The molecule has 0 bridgehead atoms. The monoisotopic (exact) mass is 475 g/mol. The lowest BCUT2D eigenvalue weighted by Crippen LogP contribution is -2.36. The van der Waals surface area contributed by atoms with Gasteiger partial charge in [0.05, 0.1) is 24.1 Å². The van der Waals surface area contributed by atoms with Crippen molar-refractivity contribution in [2.75, 3.05) is 6.61 Å². The highest BCUT2D eigenvalue weighted by atomic mass is 35.5. The largest absolute Gasteiger partial charge is 0.466 e. The van der Waals surface area contributed by atoms with E-state index in [9.17, 15) is 27.2 Å². The van der Waals surface area contributed by atoms with E-state index in [4.69, 9.17) is 21.1 Å². The maximum atomic E-state index is 14.7. The number of amides is 1. The average molecular weight is 476 g/mol. The van der Waals surface area contributed by atoms with Gasteiger partial charge in [0.15, 0.2) is 11.6 Å². The molecule has 0 unspecified atom stereocenters. The van der Waals surface area contributed by atoms with Crippen molar-refractivity contribution in [3.63, 3.8) is 0 Å². The van der Waals surface area contributed by atoms with Crippen LogP contribution < -0.4 is 5.32 Å². The van der Waals surface area contributed by atoms with Crippen molar-refractivity contribution in [1.82, 2.24) is 5.32 Å². The van der Waals surface area contributed by atoms with E-state index in [0.717, 1.165) is 12.1 Å². The Morgan fingerprint density at radius 2 is 1.72 bits per heavy atom. The molecule has 0 aliphatic rings. The first-order valence-electron chi connectivity index (χ1n) is 9.61. The van der Waals surface area contributed by atoms with Gasteiger partial charge >= 0.3 is 12.1 Å². The normalized spacial score (nSPS) is 12.3. The first-order valence-corrected chi connectivity index (χ1v) is 9.99. The Labute approximate surface area is 187 Å². The fraction of sp³-hybridized carbons (Fsp3) is 0.364. The van der Waals surface area contributed by atoms with Crippen LogP contribution in [-0.4, -0.2) is 24.3 Å². The zero-order valence-corrected chi connectivity index (χ0v) is 18.6. The minimum Gasteiger partial charge on any atom is -0.466 e. The number of carbonyl (C=O) groups is 2. The summed E-state index contributed by atoms with van der Waals surface area (Å²) in [4.78, 5) is 24.3. The van der Waals surface area contributed by atoms with Crippen LogP contribution in [0.5, 0.6) is 0 Å². The third kappa shape index (κ3) is 6.59. The Balaban J connectivity index is 2.57. The highest BCUT2D eigenvalue weighted by Gasteiger charge is 2.28. The van der Waals surface area contributed by atoms with Crippen LogP contribution in [-0.2, 0) is 14.3 Å². The van der Waals surface area contributed by atoms with Crippen LogP contribution in [0.1, 0.15) is 45.7 Å². The zero-order valence-electron chi connectivity index (χ0n) is 17.8. The van der Waals surface area contributed by atoms with Crippen molar-refractivity contribution in [1.29, 1.82) is 0 Å². The van der Waals surface area contributed by atoms with Crippen LogP contribution >= 0.6 is 11.6 Å². The minimum atomic E-state index is -1.42. The SMILES string of the molecule is CCOC(=O)C[C@H](NC(=O)OC(C)(C)C)c1cc(-c2c(F)cc(F)cc2Cl)cc(F)c1F. The maximum absolute atomic E-state index is 14.7. The van der Waals surface area contributed by atoms with Crippen LogP contribution in [0.15, 0.2) is 24.3 Å². The second kappa shape index (κ2) is 10.2. The standard InChI is InChI=1S/C22H22ClF4NO4/c1-5-31-18(29)10-17(28-21(30)32-22(2,3)4)13-6-11(7-16(26)20(13)27)19-14(23)8-12(24)9-15(19)25/h6-9,17H,5,10H2,1-4H3,(H,28,30)/t17-/m0/s1. The average Bonchev–Trinajstić information content (AvgIpc) is 2.61. The molecule has 0 aliphatic heterocycles. The summed E-state index contributed by atoms with van der Waals surface area (Å²) in [6, 6.07) is 1.63. The molecule has 0 spiro atoms. The molecule has 2 rings (SSSR count). The van der Waals surface area contributed by atoms with Crippen LogP contribution in [0.25, 0.3) is 11.1 Å². The molecule has 0 radical (unpaired) electrons. The number of ether oxygens (including phenoxy) is 2. The summed E-state index contributed by atoms with van der Waals surface area (Å²) >= 11 is 5.92. The molecule has 1 amide bonds. The predicted octanol–water partition coefficient (Wildman–Crippen LogP) is 6.08. The Bertz CT molecular complexity index is 1000. The Morgan fingerprint density at radius 1 is 1.06 bits per heavy atom. The topological polar surface area (TPSA) is 64.6 Å². The molecule has 174 valence electrons. The molecule has 0 aromatic heterocycles. The molecule has 1 N–H and O–H groups in total. The van der Waals surface area contributed by atoms with Crippen molar-refractivity contribution < 1.29 is 36.6 Å². The number of alkyl carbamates (subject to hydrolysis) is 1. The first kappa shape index (κ1) is 25.5. The van der Waals surface area contributed by atoms with E-state index in [0.29, 0.717) is 12.1 Å². The summed E-state index contributed by atoms with van der Waals surface area (Å²) in [7, 11) is 0. The van der Waals surface area contributed by atoms with Crippen molar-refractivity contribution in [3.05, 3.63) is 58.1 Å². The molecule has 10 heteroatoms. The number of carbonyl (C=O) groups excluding carboxylic acids is 2. The second-order valence-electron chi connectivity index (χ2n) is 7.81. The van der Waals surface area contributed by atoms with E-state index in [1.165, 1.54) is 0 Å². The lowest BCUT2D eigenvalue weighted by atomic mass is 9.96. The van der Waals surface area contributed by atoms with E-state index in [1.807, 2.05) is 0 Å². The first-order chi connectivity index (χ1) is 14.8. The zero-order chi connectivity index (χ0) is 24.2. The van der Waals surface area contributed by atoms with Gasteiger partial charge in [-0.15, -0.1) is 0 Å². The minimum absolute atomic E-state index is 0.0191. The summed E-state index contributed by atoms with van der Waals surface area (Å²) in [5.41, 5.74) is -1.98. The number of halogens is 5. The van der Waals surface area contributed by atoms with Gasteiger partial charge in [0.1, 0.15) is 17.2 Å². The van der Waals surface area contributed by atoms with Gasteiger partial charge in [0.25, 0.3) is 0 Å². The number of hydrogen-bond donors (Lipinski definition) is 1. The van der Waals surface area contributed by atoms with E-state index < -0.39 is 59.0 Å². The third-order valence-electron chi connectivity index (χ3n) is 4.09. The molecular weight excluding hydrogens is 454 g/mol. The summed E-state index contributed by atoms with van der Waals surface area (Å²) < 4.78 is 66.9. The fourth-order valence-corrected chi connectivity index (χ4v) is 3.20. The Kier molecular flexibility index (Phi) is 8.12. The highest BCUT2D eigenvalue weighted by molar-refractivity contribution is 6.33. The molecule has 32 heavy (non-hydrogen) atoms. The molecule has 0 fully saturated rings. The lowest BCUT2D eigenvalue weighted by Gasteiger charge is -2.24. The number of rotatable bonds is 6. The van der Waals surface area contributed by atoms with Gasteiger partial charge < -0.3 is 14.8 Å². The van der Waals surface area contributed by atoms with E-state index in [2.05, 4.69) is 5.32 Å². The summed E-state index contributed by atoms with van der Waals surface area (Å²) in [6.07, 6.45) is -1.56. The molecular formula is C22H22ClF4NO4.